The lowest BCUT2D eigenvalue weighted by molar-refractivity contribution is 0.550. The highest BCUT2D eigenvalue weighted by Crippen LogP contribution is 2.27. The van der Waals surface area contributed by atoms with Crippen molar-refractivity contribution in [1.29, 1.82) is 0 Å². The number of hydrogen-bond donors (Lipinski definition) is 0. The molecule has 12 aromatic heterocycles. The Balaban J connectivity index is 0.000000116. The van der Waals surface area contributed by atoms with Crippen LogP contribution in [0.1, 0.15) is 22.3 Å². The van der Waals surface area contributed by atoms with Crippen LogP contribution in [0.4, 0.5) is 17.6 Å². The van der Waals surface area contributed by atoms with Crippen molar-refractivity contribution >= 4 is 11.3 Å². The van der Waals surface area contributed by atoms with Crippen molar-refractivity contribution in [2.24, 2.45) is 0 Å². The molecule has 0 aliphatic heterocycles. The van der Waals surface area contributed by atoms with Crippen LogP contribution < -0.4 is 0 Å². The molecule has 0 amide bonds. The summed E-state index contributed by atoms with van der Waals surface area (Å²) in [5.41, 5.74) is 6.42. The number of benzene rings is 4. The second-order valence-corrected chi connectivity index (χ2v) is 20.9. The average molecular weight is 1300 g/mol. The van der Waals surface area contributed by atoms with Gasteiger partial charge in [-0.05, 0) is 66.7 Å². The van der Waals surface area contributed by atoms with E-state index in [0.29, 0.717) is 109 Å². The van der Waals surface area contributed by atoms with E-state index in [1.165, 1.54) is 77.7 Å². The van der Waals surface area contributed by atoms with Gasteiger partial charge in [0, 0.05) is 58.6 Å². The summed E-state index contributed by atoms with van der Waals surface area (Å²) in [7, 11) is 0. The van der Waals surface area contributed by atoms with Crippen LogP contribution in [0.3, 0.4) is 0 Å². The Kier molecular flexibility index (Phi) is 19.0. The fraction of sp³-hybridized carbons (Fsp3) is 0.0597. The first kappa shape index (κ1) is 61.8. The molecule has 472 valence electrons. The van der Waals surface area contributed by atoms with E-state index in [0.717, 1.165) is 0 Å². The van der Waals surface area contributed by atoms with Crippen molar-refractivity contribution in [2.75, 3.05) is 0 Å². The molecule has 0 saturated carbocycles. The number of thiazole rings is 1. The van der Waals surface area contributed by atoms with Crippen molar-refractivity contribution in [1.82, 2.24) is 104 Å². The molecule has 4 aromatic carbocycles. The molecule has 29 heteroatoms. The van der Waals surface area contributed by atoms with E-state index in [1.807, 2.05) is 60.0 Å². The molecular weight excluding hydrogens is 1250 g/mol. The zero-order valence-electron chi connectivity index (χ0n) is 49.9. The van der Waals surface area contributed by atoms with Crippen LogP contribution in [0.2, 0.25) is 0 Å². The number of rotatable bonds is 16. The molecule has 0 radical (unpaired) electrons. The summed E-state index contributed by atoms with van der Waals surface area (Å²) >= 11 is 1.48. The average Bonchev–Trinajstić information content (AvgIpc) is 1.69. The topological polar surface area (TPSA) is 278 Å². The van der Waals surface area contributed by atoms with Gasteiger partial charge in [0.25, 0.3) is 17.7 Å². The fourth-order valence-electron chi connectivity index (χ4n) is 9.29. The highest BCUT2D eigenvalue weighted by molar-refractivity contribution is 7.07. The Hall–Kier alpha value is -13.1. The maximum atomic E-state index is 14.0. The van der Waals surface area contributed by atoms with Gasteiger partial charge in [-0.25, -0.2) is 81.1 Å². The minimum atomic E-state index is -0.314. The van der Waals surface area contributed by atoms with Gasteiger partial charge < -0.3 is 13.3 Å². The molecular formula is C67H47F4N21O3S. The van der Waals surface area contributed by atoms with E-state index in [9.17, 15) is 17.6 Å². The second kappa shape index (κ2) is 29.5. The fourth-order valence-corrected chi connectivity index (χ4v) is 9.82. The van der Waals surface area contributed by atoms with Crippen molar-refractivity contribution in [3.63, 3.8) is 0 Å². The predicted octanol–water partition coefficient (Wildman–Crippen LogP) is 12.6. The molecule has 0 saturated heterocycles. The van der Waals surface area contributed by atoms with Gasteiger partial charge in [-0.2, -0.15) is 4.98 Å². The molecule has 12 heterocycles. The van der Waals surface area contributed by atoms with Crippen LogP contribution in [-0.2, 0) is 26.2 Å². The van der Waals surface area contributed by atoms with E-state index in [-0.39, 0.29) is 55.3 Å². The molecule has 16 aromatic rings. The third-order valence-corrected chi connectivity index (χ3v) is 14.4. The van der Waals surface area contributed by atoms with E-state index in [4.69, 9.17) is 13.3 Å². The van der Waals surface area contributed by atoms with E-state index >= 15 is 0 Å². The summed E-state index contributed by atoms with van der Waals surface area (Å²) in [5.74, 6) is 3.61. The standard InChI is InChI=1S/2C17H12FN5O.C17H12FN5S.C16H11FN6O/c18-13-6-2-1-5-12(13)11-23-16(14-7-3-4-8-19-14)21-15(22-23)17-20-9-10-24-17;18-13-6-2-1-5-12(13)11-23-16(17-20-9-10-24-17)21-15(22-23)14-7-3-4-8-19-14;18-13-6-2-1-5-12(13)9-23-17(14-7-3-4-8-19-14)21-16(22-23)15-10-24-11-20-15;17-12-5-2-1-4-11(12)10-23-15(13-18-6-3-7-19-13)21-14(22-23)16-20-8-9-24-16/h2*1-10H,11H2;1-8,10-11H,9H2;1-9H,10H2. The molecule has 0 aliphatic carbocycles. The Morgan fingerprint density at radius 3 is 1.05 bits per heavy atom. The molecule has 0 atom stereocenters. The molecule has 0 N–H and O–H groups in total. The summed E-state index contributed by atoms with van der Waals surface area (Å²) in [6.45, 7) is 0.903. The Morgan fingerprint density at radius 2 is 0.646 bits per heavy atom. The largest absolute Gasteiger partial charge is 0.442 e. The summed E-state index contributed by atoms with van der Waals surface area (Å²) in [4.78, 5) is 55.6. The number of nitrogens with zero attached hydrogens (tertiary/aromatic N) is 21. The second-order valence-electron chi connectivity index (χ2n) is 20.1. The minimum Gasteiger partial charge on any atom is -0.442 e. The number of hydrogen-bond acceptors (Lipinski definition) is 21. The van der Waals surface area contributed by atoms with Crippen LogP contribution in [0, 0.1) is 23.3 Å². The zero-order valence-corrected chi connectivity index (χ0v) is 50.7. The summed E-state index contributed by atoms with van der Waals surface area (Å²) in [5, 5.41) is 19.6. The summed E-state index contributed by atoms with van der Waals surface area (Å²) in [6, 6.07) is 44.5. The lowest BCUT2D eigenvalue weighted by atomic mass is 10.2. The third-order valence-electron chi connectivity index (χ3n) is 13.8. The number of aromatic nitrogens is 21. The number of pyridine rings is 3. The SMILES string of the molecule is Fc1ccccc1Cn1nc(-c2ccccn2)nc1-c1ncco1.Fc1ccccc1Cn1nc(-c2cscn2)nc1-c1ccccn1.Fc1ccccc1Cn1nc(-c2ncco2)nc1-c1ccccn1.Fc1ccccc1Cn1nc(-c2ncco2)nc1-c1ncccn1. The lowest BCUT2D eigenvalue weighted by Gasteiger charge is -2.06. The van der Waals surface area contributed by atoms with Crippen molar-refractivity contribution in [3.05, 3.63) is 283 Å². The Bertz CT molecular complexity index is 4700. The van der Waals surface area contributed by atoms with Crippen LogP contribution in [-0.4, -0.2) is 104 Å². The monoisotopic (exact) mass is 1300 g/mol. The summed E-state index contributed by atoms with van der Waals surface area (Å²) < 4.78 is 78.1. The molecule has 0 aliphatic rings. The van der Waals surface area contributed by atoms with Gasteiger partial charge in [-0.3, -0.25) is 15.0 Å². The molecule has 16 rings (SSSR count). The quantitative estimate of drug-likeness (QED) is 0.0813. The van der Waals surface area contributed by atoms with Crippen LogP contribution in [0.25, 0.3) is 92.9 Å². The zero-order chi connectivity index (χ0) is 65.4. The van der Waals surface area contributed by atoms with E-state index in [2.05, 4.69) is 85.2 Å². The van der Waals surface area contributed by atoms with Gasteiger partial charge in [0.1, 0.15) is 64.8 Å². The van der Waals surface area contributed by atoms with Crippen LogP contribution >= 0.6 is 11.3 Å². The first-order chi connectivity index (χ1) is 47.2. The van der Waals surface area contributed by atoms with Gasteiger partial charge in [0.2, 0.25) is 23.3 Å². The Labute approximate surface area is 545 Å². The molecule has 0 bridgehead atoms. The molecule has 0 spiro atoms. The van der Waals surface area contributed by atoms with Crippen molar-refractivity contribution < 1.29 is 30.8 Å². The molecule has 24 nitrogen and oxygen atoms in total. The van der Waals surface area contributed by atoms with Gasteiger partial charge in [-0.15, -0.1) is 31.7 Å². The smallest absolute Gasteiger partial charge is 0.266 e. The molecule has 0 fully saturated rings. The van der Waals surface area contributed by atoms with E-state index in [1.54, 1.807) is 129 Å². The van der Waals surface area contributed by atoms with E-state index < -0.39 is 0 Å². The summed E-state index contributed by atoms with van der Waals surface area (Å²) in [6.07, 6.45) is 17.1. The third kappa shape index (κ3) is 14.8. The van der Waals surface area contributed by atoms with Crippen molar-refractivity contribution in [2.45, 2.75) is 26.2 Å². The van der Waals surface area contributed by atoms with Gasteiger partial charge in [0.05, 0.1) is 50.3 Å². The van der Waals surface area contributed by atoms with Gasteiger partial charge in [0.15, 0.2) is 29.1 Å². The first-order valence-electron chi connectivity index (χ1n) is 29.1. The highest BCUT2D eigenvalue weighted by Gasteiger charge is 2.23. The number of oxazole rings is 3. The lowest BCUT2D eigenvalue weighted by Crippen LogP contribution is -2.07. The minimum absolute atomic E-state index is 0.188. The maximum Gasteiger partial charge on any atom is 0.266 e. The van der Waals surface area contributed by atoms with Crippen LogP contribution in [0.15, 0.2) is 250 Å². The molecule has 96 heavy (non-hydrogen) atoms. The van der Waals surface area contributed by atoms with Crippen molar-refractivity contribution in [3.8, 4) is 92.9 Å². The van der Waals surface area contributed by atoms with Gasteiger partial charge in [-0.1, -0.05) is 91.0 Å². The number of halogens is 4. The van der Waals surface area contributed by atoms with Gasteiger partial charge >= 0.3 is 0 Å². The Morgan fingerprint density at radius 1 is 0.292 bits per heavy atom. The highest BCUT2D eigenvalue weighted by atomic mass is 32.1. The molecule has 0 unspecified atom stereocenters. The normalized spacial score (nSPS) is 10.9. The van der Waals surface area contributed by atoms with Crippen LogP contribution in [0.5, 0.6) is 0 Å². The predicted molar refractivity (Wildman–Crippen MR) is 340 cm³/mol. The maximum absolute atomic E-state index is 14.0. The first-order valence-corrected chi connectivity index (χ1v) is 30.0.